The number of nitrogens with zero attached hydrogens (tertiary/aromatic N) is 3. The Morgan fingerprint density at radius 2 is 2.00 bits per heavy atom. The van der Waals surface area contributed by atoms with Crippen molar-refractivity contribution in [3.63, 3.8) is 0 Å². The number of H-pyrrole nitrogens is 2. The zero-order valence-corrected chi connectivity index (χ0v) is 16.6. The predicted molar refractivity (Wildman–Crippen MR) is 113 cm³/mol. The lowest BCUT2D eigenvalue weighted by atomic mass is 9.89. The van der Waals surface area contributed by atoms with Gasteiger partial charge >= 0.3 is 0 Å². The number of nitrogens with one attached hydrogen (secondary N) is 2. The van der Waals surface area contributed by atoms with Crippen LogP contribution in [0.3, 0.4) is 0 Å². The molecule has 6 rings (SSSR count). The van der Waals surface area contributed by atoms with Crippen molar-refractivity contribution in [1.29, 1.82) is 0 Å². The number of benzene rings is 1. The Hall–Kier alpha value is -3.32. The summed E-state index contributed by atoms with van der Waals surface area (Å²) in [4.78, 5) is 10.3. The van der Waals surface area contributed by atoms with Crippen LogP contribution in [0.2, 0.25) is 0 Å². The molecule has 0 atom stereocenters. The average Bonchev–Trinajstić information content (AvgIpc) is 3.53. The molecule has 7 heteroatoms. The van der Waals surface area contributed by atoms with Crippen molar-refractivity contribution < 1.29 is 9.47 Å². The monoisotopic (exact) mass is 401 g/mol. The molecule has 5 heterocycles. The first-order chi connectivity index (χ1) is 14.8. The Kier molecular flexibility index (Phi) is 4.19. The maximum Gasteiger partial charge on any atom is 0.231 e. The first-order valence-electron chi connectivity index (χ1n) is 10.4. The third-order valence-corrected chi connectivity index (χ3v) is 6.28. The molecule has 0 saturated carbocycles. The number of hydrogen-bond acceptors (Lipinski definition) is 5. The molecule has 0 amide bonds. The molecule has 4 aromatic rings. The molecule has 2 aliphatic heterocycles. The van der Waals surface area contributed by atoms with Gasteiger partial charge in [-0.1, -0.05) is 0 Å². The minimum absolute atomic E-state index is 0.288. The van der Waals surface area contributed by atoms with Crippen molar-refractivity contribution in [2.24, 2.45) is 0 Å². The van der Waals surface area contributed by atoms with Crippen LogP contribution in [0.1, 0.15) is 29.9 Å². The fraction of sp³-hybridized carbons (Fsp3) is 0.304. The molecule has 1 saturated heterocycles. The molecule has 1 aromatic carbocycles. The summed E-state index contributed by atoms with van der Waals surface area (Å²) in [5, 5.41) is 8.74. The topological polar surface area (TPSA) is 79.1 Å². The van der Waals surface area contributed by atoms with Gasteiger partial charge in [0, 0.05) is 35.5 Å². The second-order valence-corrected chi connectivity index (χ2v) is 8.03. The molecule has 0 radical (unpaired) electrons. The van der Waals surface area contributed by atoms with Crippen LogP contribution in [-0.4, -0.2) is 44.9 Å². The summed E-state index contributed by atoms with van der Waals surface area (Å²) in [5.41, 5.74) is 5.73. The normalized spacial score (nSPS) is 17.1. The van der Waals surface area contributed by atoms with E-state index in [1.807, 2.05) is 30.6 Å². The van der Waals surface area contributed by atoms with Crippen LogP contribution in [-0.2, 0) is 6.54 Å². The van der Waals surface area contributed by atoms with E-state index < -0.39 is 0 Å². The van der Waals surface area contributed by atoms with Crippen LogP contribution in [0.25, 0.3) is 22.3 Å². The van der Waals surface area contributed by atoms with E-state index in [1.54, 1.807) is 0 Å². The van der Waals surface area contributed by atoms with Crippen LogP contribution < -0.4 is 9.47 Å². The Bertz CT molecular complexity index is 1190. The largest absolute Gasteiger partial charge is 0.454 e. The van der Waals surface area contributed by atoms with Crippen molar-refractivity contribution in [1.82, 2.24) is 25.1 Å². The smallest absolute Gasteiger partial charge is 0.231 e. The van der Waals surface area contributed by atoms with Gasteiger partial charge in [-0.2, -0.15) is 5.10 Å². The van der Waals surface area contributed by atoms with Gasteiger partial charge < -0.3 is 14.5 Å². The fourth-order valence-corrected chi connectivity index (χ4v) is 4.69. The highest BCUT2D eigenvalue weighted by atomic mass is 16.7. The van der Waals surface area contributed by atoms with Crippen molar-refractivity contribution in [3.05, 3.63) is 60.0 Å². The van der Waals surface area contributed by atoms with E-state index in [2.05, 4.69) is 43.4 Å². The van der Waals surface area contributed by atoms with Gasteiger partial charge in [-0.25, -0.2) is 4.98 Å². The Labute approximate surface area is 174 Å². The third-order valence-electron chi connectivity index (χ3n) is 6.28. The Morgan fingerprint density at radius 1 is 1.10 bits per heavy atom. The lowest BCUT2D eigenvalue weighted by molar-refractivity contribution is 0.174. The molecule has 30 heavy (non-hydrogen) atoms. The maximum absolute atomic E-state index is 5.53. The van der Waals surface area contributed by atoms with E-state index in [9.17, 15) is 0 Å². The van der Waals surface area contributed by atoms with Crippen molar-refractivity contribution >= 4 is 11.0 Å². The van der Waals surface area contributed by atoms with E-state index in [1.165, 1.54) is 16.5 Å². The highest BCUT2D eigenvalue weighted by Gasteiger charge is 2.24. The molecule has 1 fully saturated rings. The second kappa shape index (κ2) is 7.18. The van der Waals surface area contributed by atoms with E-state index in [0.29, 0.717) is 5.92 Å². The standard InChI is InChI=1S/C23H23N5O2/c1-2-18-19(12-25-23(18)24-7-1)15-5-8-28(9-6-15)13-17-11-26-27-22(17)16-3-4-20-21(10-16)30-14-29-20/h1-4,7,10-12,15H,5-6,8-9,13-14H2,(H,24,25)(H,26,27). The van der Waals surface area contributed by atoms with E-state index in [0.717, 1.165) is 60.9 Å². The zero-order chi connectivity index (χ0) is 19.9. The summed E-state index contributed by atoms with van der Waals surface area (Å²) in [6.45, 7) is 3.32. The minimum atomic E-state index is 0.288. The average molecular weight is 401 g/mol. The molecule has 7 nitrogen and oxygen atoms in total. The quantitative estimate of drug-likeness (QED) is 0.539. The highest BCUT2D eigenvalue weighted by molar-refractivity contribution is 5.80. The molecular weight excluding hydrogens is 378 g/mol. The lowest BCUT2D eigenvalue weighted by Crippen LogP contribution is -2.32. The molecule has 0 aliphatic carbocycles. The van der Waals surface area contributed by atoms with Gasteiger partial charge in [0.15, 0.2) is 11.5 Å². The van der Waals surface area contributed by atoms with Crippen molar-refractivity contribution in [3.8, 4) is 22.8 Å². The summed E-state index contributed by atoms with van der Waals surface area (Å²) >= 11 is 0. The number of piperidine rings is 1. The van der Waals surface area contributed by atoms with Gasteiger partial charge in [-0.3, -0.25) is 10.00 Å². The van der Waals surface area contributed by atoms with Crippen LogP contribution in [0.4, 0.5) is 0 Å². The van der Waals surface area contributed by atoms with E-state index in [4.69, 9.17) is 9.47 Å². The maximum atomic E-state index is 5.53. The van der Waals surface area contributed by atoms with Crippen LogP contribution in [0, 0.1) is 0 Å². The number of aromatic nitrogens is 4. The lowest BCUT2D eigenvalue weighted by Gasteiger charge is -2.31. The number of pyridine rings is 1. The fourth-order valence-electron chi connectivity index (χ4n) is 4.69. The van der Waals surface area contributed by atoms with Crippen molar-refractivity contribution in [2.45, 2.75) is 25.3 Å². The number of ether oxygens (including phenoxy) is 2. The highest BCUT2D eigenvalue weighted by Crippen LogP contribution is 2.37. The summed E-state index contributed by atoms with van der Waals surface area (Å²) in [6.07, 6.45) is 8.23. The molecular formula is C23H23N5O2. The van der Waals surface area contributed by atoms with E-state index >= 15 is 0 Å². The van der Waals surface area contributed by atoms with Gasteiger partial charge in [0.2, 0.25) is 6.79 Å². The van der Waals surface area contributed by atoms with Crippen LogP contribution in [0.5, 0.6) is 11.5 Å². The Morgan fingerprint density at radius 3 is 2.93 bits per heavy atom. The molecule has 152 valence electrons. The molecule has 2 N–H and O–H groups in total. The number of aromatic amines is 2. The molecule has 0 bridgehead atoms. The van der Waals surface area contributed by atoms with Crippen molar-refractivity contribution in [2.75, 3.05) is 19.9 Å². The van der Waals surface area contributed by atoms with Gasteiger partial charge in [0.1, 0.15) is 5.65 Å². The molecule has 2 aliphatic rings. The van der Waals surface area contributed by atoms with E-state index in [-0.39, 0.29) is 6.79 Å². The number of likely N-dealkylation sites (tertiary alicyclic amines) is 1. The second-order valence-electron chi connectivity index (χ2n) is 8.03. The summed E-state index contributed by atoms with van der Waals surface area (Å²) in [6, 6.07) is 10.2. The zero-order valence-electron chi connectivity index (χ0n) is 16.6. The first kappa shape index (κ1) is 17.5. The minimum Gasteiger partial charge on any atom is -0.454 e. The number of fused-ring (bicyclic) bond motifs is 2. The SMILES string of the molecule is c1cnc2[nH]cc(C3CCN(Cc4cn[nH]c4-c4ccc5c(c4)OCO5)CC3)c2c1. The molecule has 0 unspecified atom stereocenters. The van der Waals surface area contributed by atoms with Gasteiger partial charge in [0.25, 0.3) is 0 Å². The first-order valence-corrected chi connectivity index (χ1v) is 10.4. The third kappa shape index (κ3) is 3.02. The number of rotatable bonds is 4. The van der Waals surface area contributed by atoms with Gasteiger partial charge in [-0.05, 0) is 67.7 Å². The summed E-state index contributed by atoms with van der Waals surface area (Å²) in [7, 11) is 0. The Balaban J connectivity index is 1.16. The summed E-state index contributed by atoms with van der Waals surface area (Å²) in [5.74, 6) is 2.17. The summed E-state index contributed by atoms with van der Waals surface area (Å²) < 4.78 is 11.0. The molecule has 0 spiro atoms. The predicted octanol–water partition coefficient (Wildman–Crippen LogP) is 4.06. The van der Waals surface area contributed by atoms with Gasteiger partial charge in [0.05, 0.1) is 11.9 Å². The number of hydrogen-bond donors (Lipinski definition) is 2. The van der Waals surface area contributed by atoms with Crippen LogP contribution >= 0.6 is 0 Å². The van der Waals surface area contributed by atoms with Gasteiger partial charge in [-0.15, -0.1) is 0 Å². The molecule has 3 aromatic heterocycles. The van der Waals surface area contributed by atoms with Crippen LogP contribution in [0.15, 0.2) is 48.9 Å².